The van der Waals surface area contributed by atoms with Gasteiger partial charge in [0.15, 0.2) is 0 Å². The molecule has 0 aromatic carbocycles. The van der Waals surface area contributed by atoms with Crippen molar-refractivity contribution >= 4 is 28.9 Å². The van der Waals surface area contributed by atoms with Gasteiger partial charge in [-0.25, -0.2) is 4.79 Å². The van der Waals surface area contributed by atoms with E-state index >= 15 is 0 Å². The highest BCUT2D eigenvalue weighted by atomic mass is 32.1. The predicted octanol–water partition coefficient (Wildman–Crippen LogP) is 1.66. The molecule has 1 aliphatic rings. The van der Waals surface area contributed by atoms with Crippen molar-refractivity contribution < 1.29 is 14.3 Å². The quantitative estimate of drug-likeness (QED) is 0.817. The summed E-state index contributed by atoms with van der Waals surface area (Å²) in [5.41, 5.74) is 6.54. The lowest BCUT2D eigenvalue weighted by molar-refractivity contribution is -0.123. The van der Waals surface area contributed by atoms with Gasteiger partial charge in [0.1, 0.15) is 4.88 Å². The number of aryl methyl sites for hydroxylation is 1. The number of nitrogens with one attached hydrogen (secondary N) is 1. The molecule has 0 radical (unpaired) electrons. The zero-order valence-electron chi connectivity index (χ0n) is 10.4. The fraction of sp³-hybridized carbons (Fsp3) is 0.500. The largest absolute Gasteiger partial charge is 0.465 e. The van der Waals surface area contributed by atoms with E-state index in [0.717, 1.165) is 12.0 Å². The lowest BCUT2D eigenvalue weighted by atomic mass is 9.77. The first-order valence-electron chi connectivity index (χ1n) is 5.74. The molecule has 2 rings (SSSR count). The summed E-state index contributed by atoms with van der Waals surface area (Å²) >= 11 is 1.26. The number of hydrogen-bond acceptors (Lipinski definition) is 5. The first-order valence-corrected chi connectivity index (χ1v) is 6.62. The second-order valence-electron chi connectivity index (χ2n) is 4.58. The van der Waals surface area contributed by atoms with Crippen LogP contribution in [0.1, 0.15) is 34.5 Å². The Kier molecular flexibility index (Phi) is 3.41. The fourth-order valence-electron chi connectivity index (χ4n) is 1.87. The minimum absolute atomic E-state index is 0.222. The van der Waals surface area contributed by atoms with Gasteiger partial charge in [0, 0.05) is 0 Å². The summed E-state index contributed by atoms with van der Waals surface area (Å²) in [5, 5.41) is 4.57. The summed E-state index contributed by atoms with van der Waals surface area (Å²) < 4.78 is 4.69. The highest BCUT2D eigenvalue weighted by Gasteiger charge is 2.40. The lowest BCUT2D eigenvalue weighted by Crippen LogP contribution is -2.56. The molecule has 3 N–H and O–H groups in total. The summed E-state index contributed by atoms with van der Waals surface area (Å²) in [6.45, 7) is 1.84. The van der Waals surface area contributed by atoms with E-state index in [2.05, 4.69) is 10.1 Å². The molecule has 0 saturated heterocycles. The Balaban J connectivity index is 2.20. The normalized spacial score (nSPS) is 16.8. The molecule has 0 bridgehead atoms. The molecular weight excluding hydrogens is 252 g/mol. The smallest absolute Gasteiger partial charge is 0.350 e. The number of carbonyl (C=O) groups is 2. The van der Waals surface area contributed by atoms with Crippen molar-refractivity contribution in [2.45, 2.75) is 31.7 Å². The van der Waals surface area contributed by atoms with Crippen molar-refractivity contribution in [3.05, 3.63) is 15.8 Å². The van der Waals surface area contributed by atoms with Crippen LogP contribution in [0.4, 0.5) is 5.69 Å². The van der Waals surface area contributed by atoms with Gasteiger partial charge in [-0.05, 0) is 37.1 Å². The molecule has 1 aromatic heterocycles. The van der Waals surface area contributed by atoms with Crippen LogP contribution in [0.5, 0.6) is 0 Å². The van der Waals surface area contributed by atoms with Gasteiger partial charge in [0.25, 0.3) is 0 Å². The van der Waals surface area contributed by atoms with Crippen LogP contribution in [0, 0.1) is 6.92 Å². The molecule has 5 nitrogen and oxygen atoms in total. The van der Waals surface area contributed by atoms with Gasteiger partial charge in [0.05, 0.1) is 18.3 Å². The first-order chi connectivity index (χ1) is 8.48. The zero-order chi connectivity index (χ0) is 13.3. The van der Waals surface area contributed by atoms with Gasteiger partial charge in [-0.1, -0.05) is 0 Å². The second-order valence-corrected chi connectivity index (χ2v) is 5.46. The molecule has 1 fully saturated rings. The Hall–Kier alpha value is -1.40. The Morgan fingerprint density at radius 2 is 2.17 bits per heavy atom. The highest BCUT2D eigenvalue weighted by Crippen LogP contribution is 2.33. The third-order valence-corrected chi connectivity index (χ3v) is 4.36. The molecule has 1 heterocycles. The molecule has 18 heavy (non-hydrogen) atoms. The molecule has 0 spiro atoms. The van der Waals surface area contributed by atoms with Gasteiger partial charge < -0.3 is 15.8 Å². The predicted molar refractivity (Wildman–Crippen MR) is 69.8 cm³/mol. The average molecular weight is 268 g/mol. The number of hydrogen-bond donors (Lipinski definition) is 2. The minimum Gasteiger partial charge on any atom is -0.465 e. The molecule has 0 atom stereocenters. The summed E-state index contributed by atoms with van der Waals surface area (Å²) in [6, 6.07) is 0. The van der Waals surface area contributed by atoms with E-state index in [4.69, 9.17) is 5.73 Å². The molecular formula is C12H16N2O3S. The standard InChI is InChI=1S/C12H16N2O3S/c1-7-6-18-9(10(15)17-2)8(7)14-11(16)12(13)4-3-5-12/h6H,3-5,13H2,1-2H3,(H,14,16). The lowest BCUT2D eigenvalue weighted by Gasteiger charge is -2.36. The van der Waals surface area contributed by atoms with E-state index in [1.165, 1.54) is 18.4 Å². The van der Waals surface area contributed by atoms with Crippen LogP contribution < -0.4 is 11.1 Å². The van der Waals surface area contributed by atoms with Crippen LogP contribution in [0.2, 0.25) is 0 Å². The van der Waals surface area contributed by atoms with E-state index in [-0.39, 0.29) is 5.91 Å². The van der Waals surface area contributed by atoms with Crippen LogP contribution >= 0.6 is 11.3 Å². The molecule has 1 saturated carbocycles. The monoisotopic (exact) mass is 268 g/mol. The van der Waals surface area contributed by atoms with Crippen LogP contribution in [0.15, 0.2) is 5.38 Å². The summed E-state index contributed by atoms with van der Waals surface area (Å²) in [6.07, 6.45) is 2.35. The molecule has 0 unspecified atom stereocenters. The van der Waals surface area contributed by atoms with Crippen LogP contribution in [0.25, 0.3) is 0 Å². The number of thiophene rings is 1. The minimum atomic E-state index is -0.776. The third-order valence-electron chi connectivity index (χ3n) is 3.28. The van der Waals surface area contributed by atoms with Crippen molar-refractivity contribution in [3.63, 3.8) is 0 Å². The number of methoxy groups -OCH3 is 1. The molecule has 6 heteroatoms. The topological polar surface area (TPSA) is 81.4 Å². The van der Waals surface area contributed by atoms with Gasteiger partial charge >= 0.3 is 5.97 Å². The highest BCUT2D eigenvalue weighted by molar-refractivity contribution is 7.12. The van der Waals surface area contributed by atoms with Crippen molar-refractivity contribution in [2.24, 2.45) is 5.73 Å². The van der Waals surface area contributed by atoms with Crippen molar-refractivity contribution in [2.75, 3.05) is 12.4 Å². The average Bonchev–Trinajstić information content (AvgIpc) is 2.67. The van der Waals surface area contributed by atoms with E-state index in [1.807, 2.05) is 12.3 Å². The maximum atomic E-state index is 12.0. The number of ether oxygens (including phenoxy) is 1. The summed E-state index contributed by atoms with van der Waals surface area (Å²) in [5.74, 6) is -0.663. The maximum absolute atomic E-state index is 12.0. The van der Waals surface area contributed by atoms with E-state index < -0.39 is 11.5 Å². The SMILES string of the molecule is COC(=O)c1scc(C)c1NC(=O)C1(N)CCC1. The Morgan fingerprint density at radius 1 is 1.50 bits per heavy atom. The molecule has 0 aliphatic heterocycles. The molecule has 1 amide bonds. The number of nitrogens with two attached hydrogens (primary N) is 1. The summed E-state index contributed by atoms with van der Waals surface area (Å²) in [7, 11) is 1.32. The van der Waals surface area contributed by atoms with E-state index in [0.29, 0.717) is 23.4 Å². The zero-order valence-corrected chi connectivity index (χ0v) is 11.2. The third kappa shape index (κ3) is 2.13. The van der Waals surface area contributed by atoms with Crippen molar-refractivity contribution in [1.29, 1.82) is 0 Å². The molecule has 98 valence electrons. The van der Waals surface area contributed by atoms with Crippen molar-refractivity contribution in [1.82, 2.24) is 0 Å². The Morgan fingerprint density at radius 3 is 2.67 bits per heavy atom. The molecule has 1 aliphatic carbocycles. The summed E-state index contributed by atoms with van der Waals surface area (Å²) in [4.78, 5) is 24.0. The van der Waals surface area contributed by atoms with Crippen LogP contribution in [-0.2, 0) is 9.53 Å². The number of esters is 1. The number of carbonyl (C=O) groups excluding carboxylic acids is 2. The van der Waals surface area contributed by atoms with E-state index in [1.54, 1.807) is 0 Å². The Labute approximate surface area is 109 Å². The Bertz CT molecular complexity index is 492. The number of anilines is 1. The van der Waals surface area contributed by atoms with Crippen LogP contribution in [0.3, 0.4) is 0 Å². The number of rotatable bonds is 3. The molecule has 1 aromatic rings. The fourth-order valence-corrected chi connectivity index (χ4v) is 2.79. The van der Waals surface area contributed by atoms with Crippen molar-refractivity contribution in [3.8, 4) is 0 Å². The van der Waals surface area contributed by atoms with Gasteiger partial charge in [-0.15, -0.1) is 11.3 Å². The van der Waals surface area contributed by atoms with Gasteiger partial charge in [-0.3, -0.25) is 4.79 Å². The van der Waals surface area contributed by atoms with Gasteiger partial charge in [0.2, 0.25) is 5.91 Å². The van der Waals surface area contributed by atoms with Gasteiger partial charge in [-0.2, -0.15) is 0 Å². The second kappa shape index (κ2) is 4.70. The first kappa shape index (κ1) is 13.0. The van der Waals surface area contributed by atoms with E-state index in [9.17, 15) is 9.59 Å². The number of amides is 1. The maximum Gasteiger partial charge on any atom is 0.350 e. The van der Waals surface area contributed by atoms with Crippen LogP contribution in [-0.4, -0.2) is 24.5 Å².